The zero-order chi connectivity index (χ0) is 23.0. The van der Waals surface area contributed by atoms with Crippen LogP contribution in [0.3, 0.4) is 0 Å². The number of likely N-dealkylation sites (tertiary alicyclic amines) is 1. The zero-order valence-corrected chi connectivity index (χ0v) is 17.5. The fraction of sp³-hybridized carbons (Fsp3) is 0.286. The number of rotatable bonds is 4. The number of Topliss-reactive ketones (excluding diaryl/α,β-unsaturated/α-hetero) is 1. The quantitative estimate of drug-likeness (QED) is 0.278. The minimum Gasteiger partial charge on any atom is -0.483 e. The molecule has 1 heterocycles. The molecule has 3 rings (SSSR count). The maximum Gasteiger partial charge on any atom is 0.290 e. The second-order valence-electron chi connectivity index (χ2n) is 6.93. The Morgan fingerprint density at radius 1 is 1.13 bits per heavy atom. The molecule has 0 spiro atoms. The molecule has 1 saturated heterocycles. The van der Waals surface area contributed by atoms with Crippen molar-refractivity contribution < 1.29 is 27.9 Å². The Bertz CT molecular complexity index is 951. The normalized spacial score (nSPS) is 14.2. The smallest absolute Gasteiger partial charge is 0.290 e. The van der Waals surface area contributed by atoms with E-state index in [0.29, 0.717) is 11.3 Å². The van der Waals surface area contributed by atoms with Crippen molar-refractivity contribution in [3.63, 3.8) is 0 Å². The summed E-state index contributed by atoms with van der Waals surface area (Å²) in [6.07, 6.45) is 1.64. The van der Waals surface area contributed by atoms with Crippen molar-refractivity contribution in [2.75, 3.05) is 30.8 Å². The third kappa shape index (κ3) is 6.76. The van der Waals surface area contributed by atoms with E-state index in [4.69, 9.17) is 22.1 Å². The number of piperidine rings is 1. The molecular weight excluding hydrogens is 431 g/mol. The third-order valence-corrected chi connectivity index (χ3v) is 4.98. The minimum atomic E-state index is -1.57. The van der Waals surface area contributed by atoms with Gasteiger partial charge in [-0.05, 0) is 69.5 Å². The molecule has 3 N–H and O–H groups in total. The van der Waals surface area contributed by atoms with E-state index in [-0.39, 0.29) is 29.0 Å². The minimum absolute atomic E-state index is 0.00574. The zero-order valence-electron chi connectivity index (χ0n) is 16.7. The lowest BCUT2D eigenvalue weighted by Crippen LogP contribution is -2.33. The van der Waals surface area contributed by atoms with E-state index in [9.17, 15) is 18.0 Å². The molecule has 0 aromatic heterocycles. The molecule has 0 bridgehead atoms. The molecule has 0 amide bonds. The third-order valence-electron chi connectivity index (χ3n) is 4.78. The lowest BCUT2D eigenvalue weighted by Gasteiger charge is -2.28. The molecule has 1 aliphatic rings. The van der Waals surface area contributed by atoms with Gasteiger partial charge in [0.1, 0.15) is 0 Å². The van der Waals surface area contributed by atoms with Crippen molar-refractivity contribution in [3.8, 4) is 0 Å². The average Bonchev–Trinajstić information content (AvgIpc) is 2.75. The lowest BCUT2D eigenvalue weighted by atomic mass is 9.89. The first-order chi connectivity index (χ1) is 14.8. The Kier molecular flexibility index (Phi) is 8.95. The number of hydrogen-bond acceptors (Lipinski definition) is 4. The van der Waals surface area contributed by atoms with E-state index >= 15 is 0 Å². The van der Waals surface area contributed by atoms with E-state index in [1.54, 1.807) is 24.3 Å². The SMILES string of the molecule is CN1CCC(C(=O)c2cccc(NC(=S)Nc3ccc(F)c(F)c3F)c2)CC1.O=CO. The Balaban J connectivity index is 0.00000107. The number of carbonyl (C=O) groups is 2. The number of hydrogen-bond donors (Lipinski definition) is 3. The molecule has 0 atom stereocenters. The molecule has 1 aliphatic heterocycles. The van der Waals surface area contributed by atoms with E-state index in [0.717, 1.165) is 38.1 Å². The van der Waals surface area contributed by atoms with Crippen LogP contribution in [-0.4, -0.2) is 47.5 Å². The summed E-state index contributed by atoms with van der Waals surface area (Å²) in [6, 6.07) is 8.73. The van der Waals surface area contributed by atoms with Gasteiger partial charge >= 0.3 is 0 Å². The highest BCUT2D eigenvalue weighted by atomic mass is 32.1. The van der Waals surface area contributed by atoms with Gasteiger partial charge in [-0.15, -0.1) is 0 Å². The lowest BCUT2D eigenvalue weighted by molar-refractivity contribution is -0.122. The second-order valence-corrected chi connectivity index (χ2v) is 7.34. The van der Waals surface area contributed by atoms with Gasteiger partial charge < -0.3 is 20.6 Å². The number of thiocarbonyl (C=S) groups is 1. The maximum absolute atomic E-state index is 13.8. The molecule has 0 radical (unpaired) electrons. The van der Waals surface area contributed by atoms with Gasteiger partial charge in [0, 0.05) is 17.2 Å². The standard InChI is InChI=1S/C20H20F3N3OS.CH2O2/c1-26-9-7-12(8-10-26)19(27)13-3-2-4-14(11-13)24-20(28)25-16-6-5-15(21)17(22)18(16)23;2-1-3/h2-6,11-12H,7-10H2,1H3,(H2,24,25,28);1H,(H,2,3). The molecule has 0 saturated carbocycles. The summed E-state index contributed by atoms with van der Waals surface area (Å²) in [5.74, 6) is -4.12. The van der Waals surface area contributed by atoms with Crippen LogP contribution >= 0.6 is 12.2 Å². The summed E-state index contributed by atoms with van der Waals surface area (Å²) in [4.78, 5) is 23.3. The number of carboxylic acid groups (broad SMARTS) is 1. The summed E-state index contributed by atoms with van der Waals surface area (Å²) in [5, 5.41) is 12.2. The Hall–Kier alpha value is -2.98. The number of carbonyl (C=O) groups excluding carboxylic acids is 1. The van der Waals surface area contributed by atoms with Crippen LogP contribution in [0.5, 0.6) is 0 Å². The summed E-state index contributed by atoms with van der Waals surface area (Å²) >= 11 is 5.11. The van der Waals surface area contributed by atoms with Crippen molar-refractivity contribution in [2.24, 2.45) is 5.92 Å². The highest BCUT2D eigenvalue weighted by Crippen LogP contribution is 2.23. The highest BCUT2D eigenvalue weighted by molar-refractivity contribution is 7.80. The first kappa shape index (κ1) is 24.3. The number of nitrogens with one attached hydrogen (secondary N) is 2. The number of ketones is 1. The van der Waals surface area contributed by atoms with E-state index in [2.05, 4.69) is 15.5 Å². The van der Waals surface area contributed by atoms with Crippen LogP contribution in [0, 0.1) is 23.4 Å². The molecule has 2 aromatic carbocycles. The summed E-state index contributed by atoms with van der Waals surface area (Å²) in [5.41, 5.74) is 0.829. The van der Waals surface area contributed by atoms with Crippen LogP contribution in [0.25, 0.3) is 0 Å². The molecule has 1 fully saturated rings. The van der Waals surface area contributed by atoms with E-state index in [1.807, 2.05) is 7.05 Å². The van der Waals surface area contributed by atoms with Crippen LogP contribution < -0.4 is 10.6 Å². The Labute approximate surface area is 183 Å². The largest absolute Gasteiger partial charge is 0.483 e. The average molecular weight is 453 g/mol. The van der Waals surface area contributed by atoms with Crippen molar-refractivity contribution in [2.45, 2.75) is 12.8 Å². The molecule has 166 valence electrons. The molecule has 2 aromatic rings. The van der Waals surface area contributed by atoms with Crippen LogP contribution in [0.1, 0.15) is 23.2 Å². The summed E-state index contributed by atoms with van der Waals surface area (Å²) in [6.45, 7) is 1.53. The number of anilines is 2. The monoisotopic (exact) mass is 453 g/mol. The number of halogens is 3. The second kappa shape index (κ2) is 11.4. The summed E-state index contributed by atoms with van der Waals surface area (Å²) in [7, 11) is 2.04. The molecule has 10 heteroatoms. The van der Waals surface area contributed by atoms with Crippen molar-refractivity contribution in [3.05, 3.63) is 59.4 Å². The van der Waals surface area contributed by atoms with Gasteiger partial charge in [0.2, 0.25) is 0 Å². The van der Waals surface area contributed by atoms with Gasteiger partial charge in [-0.1, -0.05) is 12.1 Å². The van der Waals surface area contributed by atoms with E-state index in [1.165, 1.54) is 0 Å². The molecule has 0 aliphatic carbocycles. The van der Waals surface area contributed by atoms with E-state index < -0.39 is 17.5 Å². The topological polar surface area (TPSA) is 81.7 Å². The van der Waals surface area contributed by atoms with Gasteiger partial charge in [0.25, 0.3) is 6.47 Å². The van der Waals surface area contributed by atoms with Gasteiger partial charge in [-0.25, -0.2) is 13.2 Å². The van der Waals surface area contributed by atoms with Gasteiger partial charge in [-0.3, -0.25) is 9.59 Å². The van der Waals surface area contributed by atoms with Crippen molar-refractivity contribution in [1.82, 2.24) is 4.90 Å². The Morgan fingerprint density at radius 2 is 1.77 bits per heavy atom. The van der Waals surface area contributed by atoms with Crippen LogP contribution in [0.15, 0.2) is 36.4 Å². The van der Waals surface area contributed by atoms with Crippen molar-refractivity contribution in [1.29, 1.82) is 0 Å². The van der Waals surface area contributed by atoms with Crippen LogP contribution in [-0.2, 0) is 4.79 Å². The van der Waals surface area contributed by atoms with Crippen LogP contribution in [0.4, 0.5) is 24.5 Å². The predicted molar refractivity (Wildman–Crippen MR) is 116 cm³/mol. The Morgan fingerprint density at radius 3 is 2.42 bits per heavy atom. The number of nitrogens with zero attached hydrogens (tertiary/aromatic N) is 1. The van der Waals surface area contributed by atoms with Gasteiger partial charge in [0.05, 0.1) is 5.69 Å². The molecular formula is C21H22F3N3O3S. The predicted octanol–water partition coefficient (Wildman–Crippen LogP) is 4.14. The fourth-order valence-electron chi connectivity index (χ4n) is 3.16. The van der Waals surface area contributed by atoms with Crippen LogP contribution in [0.2, 0.25) is 0 Å². The molecule has 0 unspecified atom stereocenters. The summed E-state index contributed by atoms with van der Waals surface area (Å²) < 4.78 is 40.1. The molecule has 31 heavy (non-hydrogen) atoms. The van der Waals surface area contributed by atoms with Gasteiger partial charge in [0.15, 0.2) is 28.3 Å². The highest BCUT2D eigenvalue weighted by Gasteiger charge is 2.24. The first-order valence-corrected chi connectivity index (χ1v) is 9.79. The van der Waals surface area contributed by atoms with Gasteiger partial charge in [-0.2, -0.15) is 0 Å². The first-order valence-electron chi connectivity index (χ1n) is 9.39. The number of benzene rings is 2. The van der Waals surface area contributed by atoms with Crippen molar-refractivity contribution >= 4 is 41.0 Å². The fourth-order valence-corrected chi connectivity index (χ4v) is 3.39. The molecule has 6 nitrogen and oxygen atoms in total. The maximum atomic E-state index is 13.8.